The first-order valence-corrected chi connectivity index (χ1v) is 10.7. The van der Waals surface area contributed by atoms with E-state index in [1.165, 1.54) is 0 Å². The van der Waals surface area contributed by atoms with Crippen LogP contribution in [0.1, 0.15) is 25.7 Å². The molecule has 39 heavy (non-hydrogen) atoms. The Balaban J connectivity index is 6.81. The minimum Gasteiger partial charge on any atom is -0.200 e. The highest BCUT2D eigenvalue weighted by Crippen LogP contribution is 2.66. The summed E-state index contributed by atoms with van der Waals surface area (Å²) >= 11 is 0.864. The second kappa shape index (κ2) is 10.7. The van der Waals surface area contributed by atoms with E-state index in [0.717, 1.165) is 28.7 Å². The molecule has 0 heterocycles. The fourth-order valence-electron chi connectivity index (χ4n) is 2.58. The van der Waals surface area contributed by atoms with Crippen molar-refractivity contribution in [1.29, 1.82) is 0 Å². The van der Waals surface area contributed by atoms with Crippen molar-refractivity contribution < 1.29 is 92.2 Å². The van der Waals surface area contributed by atoms with E-state index >= 15 is 0 Å². The van der Waals surface area contributed by atoms with Crippen LogP contribution >= 0.6 is 22.6 Å². The van der Waals surface area contributed by atoms with E-state index in [-0.39, 0.29) is 12.8 Å². The minimum atomic E-state index is -9.15. The van der Waals surface area contributed by atoms with Gasteiger partial charge in [-0.3, -0.25) is 0 Å². The third-order valence-electron chi connectivity index (χ3n) is 4.98. The first-order valence-electron chi connectivity index (χ1n) is 9.42. The smallest absolute Gasteiger partial charge is 0.200 e. The normalized spacial score (nSPS) is 16.9. The molecule has 0 aromatic heterocycles. The van der Waals surface area contributed by atoms with Gasteiger partial charge < -0.3 is 0 Å². The summed E-state index contributed by atoms with van der Waals surface area (Å²) in [5.41, 5.74) is 0. The molecule has 1 unspecified atom stereocenters. The summed E-state index contributed by atoms with van der Waals surface area (Å²) in [7, 11) is 0. The summed E-state index contributed by atoms with van der Waals surface area (Å²) in [5.74, 6) is -76.5. The van der Waals surface area contributed by atoms with Gasteiger partial charge in [-0.2, -0.15) is 92.2 Å². The lowest BCUT2D eigenvalue weighted by molar-refractivity contribution is -0.474. The first-order chi connectivity index (χ1) is 16.7. The Kier molecular flexibility index (Phi) is 10.4. The van der Waals surface area contributed by atoms with E-state index in [2.05, 4.69) is 6.58 Å². The Bertz CT molecular complexity index is 855. The molecule has 0 bridgehead atoms. The van der Waals surface area contributed by atoms with E-state index in [1.807, 2.05) is 0 Å². The quantitative estimate of drug-likeness (QED) is 0.0547. The van der Waals surface area contributed by atoms with Crippen molar-refractivity contribution in [3.63, 3.8) is 0 Å². The van der Waals surface area contributed by atoms with Crippen molar-refractivity contribution in [2.24, 2.45) is 0 Å². The van der Waals surface area contributed by atoms with Crippen LogP contribution in [0.2, 0.25) is 0 Å². The van der Waals surface area contributed by atoms with Gasteiger partial charge in [-0.05, 0) is 19.3 Å². The topological polar surface area (TPSA) is 0 Å². The standard InChI is InChI=1S/C17H12F21I/c1-2-3-4-5-7(39)6-8(18,19)9(20,21)10(22,23)11(24,25)12(26,27)13(28,29)14(30,31)15(32,33)16(34,35)17(36,37)38/h2,7H,1,3-6H2. The van der Waals surface area contributed by atoms with Gasteiger partial charge >= 0.3 is 59.5 Å². The van der Waals surface area contributed by atoms with Crippen LogP contribution in [0.3, 0.4) is 0 Å². The number of alkyl halides is 22. The lowest BCUT2D eigenvalue weighted by atomic mass is 9.85. The number of allylic oxidation sites excluding steroid dienone is 1. The van der Waals surface area contributed by atoms with Crippen LogP contribution in [-0.2, 0) is 0 Å². The minimum absolute atomic E-state index is 0.0107. The Hall–Kier alpha value is -1.00. The highest BCUT2D eigenvalue weighted by atomic mass is 127. The molecular formula is C17H12F21I. The maximum atomic E-state index is 13.9. The lowest BCUT2D eigenvalue weighted by Gasteiger charge is -2.44. The monoisotopic (exact) mass is 742 g/mol. The largest absolute Gasteiger partial charge is 0.460 e. The molecule has 0 aromatic carbocycles. The molecular weight excluding hydrogens is 730 g/mol. The number of hydrogen-bond donors (Lipinski definition) is 0. The van der Waals surface area contributed by atoms with Crippen LogP contribution < -0.4 is 0 Å². The molecule has 0 saturated carbocycles. The molecule has 0 spiro atoms. The van der Waals surface area contributed by atoms with Crippen LogP contribution in [0.5, 0.6) is 0 Å². The van der Waals surface area contributed by atoms with Crippen molar-refractivity contribution in [1.82, 2.24) is 0 Å². The summed E-state index contributed by atoms with van der Waals surface area (Å²) < 4.78 is 278. The molecule has 0 N–H and O–H groups in total. The summed E-state index contributed by atoms with van der Waals surface area (Å²) in [4.78, 5) is 0. The highest BCUT2D eigenvalue weighted by molar-refractivity contribution is 14.1. The SMILES string of the molecule is C=CCCCC(I)CC(F)(F)C(F)(F)C(F)(F)C(F)(F)C(F)(F)C(F)(F)C(F)(F)C(F)(F)C(F)(F)C(F)(F)F. The predicted molar refractivity (Wildman–Crippen MR) is 97.1 cm³/mol. The Labute approximate surface area is 217 Å². The van der Waals surface area contributed by atoms with Crippen LogP contribution in [-0.4, -0.2) is 63.4 Å². The van der Waals surface area contributed by atoms with Gasteiger partial charge in [0.25, 0.3) is 0 Å². The zero-order valence-electron chi connectivity index (χ0n) is 18.0. The van der Waals surface area contributed by atoms with E-state index in [1.54, 1.807) is 0 Å². The molecule has 0 radical (unpaired) electrons. The summed E-state index contributed by atoms with van der Waals surface area (Å²) in [6, 6.07) is 0. The molecule has 0 nitrogen and oxygen atoms in total. The molecule has 0 saturated heterocycles. The van der Waals surface area contributed by atoms with Crippen molar-refractivity contribution >= 4 is 22.6 Å². The van der Waals surface area contributed by atoms with Crippen molar-refractivity contribution in [3.8, 4) is 0 Å². The van der Waals surface area contributed by atoms with Crippen LogP contribution in [0.25, 0.3) is 0 Å². The predicted octanol–water partition coefficient (Wildman–Crippen LogP) is 9.82. The van der Waals surface area contributed by atoms with Gasteiger partial charge in [0.1, 0.15) is 0 Å². The van der Waals surface area contributed by atoms with E-state index < -0.39 is 76.2 Å². The van der Waals surface area contributed by atoms with Gasteiger partial charge in [0.2, 0.25) is 0 Å². The zero-order chi connectivity index (χ0) is 32.1. The van der Waals surface area contributed by atoms with Crippen LogP contribution in [0, 0.1) is 0 Å². The van der Waals surface area contributed by atoms with Gasteiger partial charge in [-0.25, -0.2) is 0 Å². The maximum absolute atomic E-state index is 13.9. The molecule has 0 amide bonds. The number of unbranched alkanes of at least 4 members (excludes halogenated alkanes) is 1. The van der Waals surface area contributed by atoms with E-state index in [4.69, 9.17) is 0 Å². The van der Waals surface area contributed by atoms with Gasteiger partial charge in [0, 0.05) is 10.3 Å². The molecule has 0 aliphatic rings. The van der Waals surface area contributed by atoms with Crippen molar-refractivity contribution in [2.45, 2.75) is 89.1 Å². The summed E-state index contributed by atoms with van der Waals surface area (Å²) in [6.45, 7) is 3.15. The number of hydrogen-bond acceptors (Lipinski definition) is 0. The molecule has 22 heteroatoms. The van der Waals surface area contributed by atoms with E-state index in [9.17, 15) is 92.2 Å². The molecule has 0 aromatic rings. The molecule has 0 aliphatic carbocycles. The van der Waals surface area contributed by atoms with Crippen LogP contribution in [0.4, 0.5) is 92.2 Å². The Morgan fingerprint density at radius 1 is 0.487 bits per heavy atom. The number of halogens is 22. The van der Waals surface area contributed by atoms with Gasteiger partial charge in [0.05, 0.1) is 0 Å². The molecule has 1 atom stereocenters. The second-order valence-electron chi connectivity index (χ2n) is 7.82. The average Bonchev–Trinajstić information content (AvgIpc) is 2.71. The third-order valence-corrected chi connectivity index (χ3v) is 6.04. The second-order valence-corrected chi connectivity index (χ2v) is 9.58. The highest BCUT2D eigenvalue weighted by Gasteiger charge is 2.97. The summed E-state index contributed by atoms with van der Waals surface area (Å²) in [6.07, 6.45) is -10.2. The van der Waals surface area contributed by atoms with Crippen LogP contribution in [0.15, 0.2) is 12.7 Å². The lowest BCUT2D eigenvalue weighted by Crippen LogP contribution is -2.76. The summed E-state index contributed by atoms with van der Waals surface area (Å²) in [5, 5.41) is 0. The maximum Gasteiger partial charge on any atom is 0.460 e. The zero-order valence-corrected chi connectivity index (χ0v) is 20.2. The Morgan fingerprint density at radius 3 is 1.05 bits per heavy atom. The Morgan fingerprint density at radius 2 is 0.769 bits per heavy atom. The van der Waals surface area contributed by atoms with Crippen molar-refractivity contribution in [3.05, 3.63) is 12.7 Å². The van der Waals surface area contributed by atoms with Crippen molar-refractivity contribution in [2.75, 3.05) is 0 Å². The fourth-order valence-corrected chi connectivity index (χ4v) is 3.58. The van der Waals surface area contributed by atoms with E-state index in [0.29, 0.717) is 0 Å². The van der Waals surface area contributed by atoms with Gasteiger partial charge in [-0.1, -0.05) is 28.7 Å². The van der Waals surface area contributed by atoms with Gasteiger partial charge in [-0.15, -0.1) is 6.58 Å². The average molecular weight is 742 g/mol. The molecule has 0 rings (SSSR count). The third kappa shape index (κ3) is 5.60. The fraction of sp³-hybridized carbons (Fsp3) is 0.882. The molecule has 0 aliphatic heterocycles. The molecule has 234 valence electrons. The first kappa shape index (κ1) is 38.0. The molecule has 0 fully saturated rings. The number of rotatable bonds is 14. The van der Waals surface area contributed by atoms with Gasteiger partial charge in [0.15, 0.2) is 0 Å².